The van der Waals surface area contributed by atoms with Gasteiger partial charge in [-0.2, -0.15) is 12.7 Å². The van der Waals surface area contributed by atoms with E-state index >= 15 is 0 Å². The zero-order valence-electron chi connectivity index (χ0n) is 8.91. The van der Waals surface area contributed by atoms with Crippen molar-refractivity contribution in [2.24, 2.45) is 10.6 Å². The van der Waals surface area contributed by atoms with E-state index in [0.717, 1.165) is 25.9 Å². The number of nitrogens with two attached hydrogens (primary N) is 1. The molecule has 2 aliphatic heterocycles. The predicted octanol–water partition coefficient (Wildman–Crippen LogP) is -0.344. The van der Waals surface area contributed by atoms with Gasteiger partial charge in [0.05, 0.1) is 0 Å². The van der Waals surface area contributed by atoms with Gasteiger partial charge in [-0.25, -0.2) is 5.14 Å². The van der Waals surface area contributed by atoms with E-state index in [0.29, 0.717) is 18.5 Å². The Hall–Kier alpha value is -0.170. The van der Waals surface area contributed by atoms with E-state index in [2.05, 4.69) is 5.32 Å². The summed E-state index contributed by atoms with van der Waals surface area (Å²) in [5.74, 6) is 0. The summed E-state index contributed by atoms with van der Waals surface area (Å²) in [6, 6.07) is 0. The Morgan fingerprint density at radius 3 is 2.07 bits per heavy atom. The molecule has 2 rings (SSSR count). The van der Waals surface area contributed by atoms with Crippen molar-refractivity contribution < 1.29 is 8.42 Å². The lowest BCUT2D eigenvalue weighted by Crippen LogP contribution is -2.48. The van der Waals surface area contributed by atoms with Crippen molar-refractivity contribution in [3.8, 4) is 0 Å². The third-order valence-electron chi connectivity index (χ3n) is 3.81. The van der Waals surface area contributed by atoms with Crippen LogP contribution in [0.15, 0.2) is 0 Å². The van der Waals surface area contributed by atoms with Crippen molar-refractivity contribution in [2.75, 3.05) is 26.2 Å². The van der Waals surface area contributed by atoms with Crippen LogP contribution in [0.25, 0.3) is 0 Å². The standard InChI is InChI=1S/C9H19N3O2S/c10-15(13,14)12-7-3-9(4-8-12)1-5-11-6-2-9/h11H,1-8H2,(H2,10,13,14). The van der Waals surface area contributed by atoms with Crippen molar-refractivity contribution in [3.63, 3.8) is 0 Å². The lowest BCUT2D eigenvalue weighted by molar-refractivity contribution is 0.110. The Morgan fingerprint density at radius 2 is 1.60 bits per heavy atom. The van der Waals surface area contributed by atoms with Gasteiger partial charge in [-0.1, -0.05) is 0 Å². The summed E-state index contributed by atoms with van der Waals surface area (Å²) in [6.07, 6.45) is 4.27. The molecule has 0 atom stereocenters. The Kier molecular flexibility index (Phi) is 3.03. The number of hydrogen-bond donors (Lipinski definition) is 2. The van der Waals surface area contributed by atoms with Gasteiger partial charge in [-0.05, 0) is 44.2 Å². The molecule has 1 spiro atoms. The van der Waals surface area contributed by atoms with Crippen molar-refractivity contribution >= 4 is 10.2 Å². The molecule has 0 aromatic rings. The Bertz CT molecular complexity index is 312. The lowest BCUT2D eigenvalue weighted by atomic mass is 9.72. The number of nitrogens with zero attached hydrogens (tertiary/aromatic N) is 1. The van der Waals surface area contributed by atoms with Gasteiger partial charge < -0.3 is 5.32 Å². The molecule has 0 amide bonds. The highest BCUT2D eigenvalue weighted by Gasteiger charge is 2.37. The first kappa shape index (κ1) is 11.3. The highest BCUT2D eigenvalue weighted by molar-refractivity contribution is 7.86. The molecule has 15 heavy (non-hydrogen) atoms. The van der Waals surface area contributed by atoms with E-state index < -0.39 is 10.2 Å². The second-order valence-corrected chi connectivity index (χ2v) is 6.24. The average Bonchev–Trinajstić information content (AvgIpc) is 2.18. The minimum Gasteiger partial charge on any atom is -0.317 e. The maximum absolute atomic E-state index is 11.1. The molecule has 0 aromatic heterocycles. The summed E-state index contributed by atoms with van der Waals surface area (Å²) in [4.78, 5) is 0. The zero-order valence-corrected chi connectivity index (χ0v) is 9.72. The van der Waals surface area contributed by atoms with Crippen molar-refractivity contribution in [3.05, 3.63) is 0 Å². The van der Waals surface area contributed by atoms with Crippen LogP contribution in [0, 0.1) is 5.41 Å². The van der Waals surface area contributed by atoms with Gasteiger partial charge in [-0.15, -0.1) is 0 Å². The fourth-order valence-corrected chi connectivity index (χ4v) is 3.36. The van der Waals surface area contributed by atoms with Crippen molar-refractivity contribution in [2.45, 2.75) is 25.7 Å². The molecule has 0 bridgehead atoms. The zero-order chi connectivity index (χ0) is 10.9. The van der Waals surface area contributed by atoms with Crippen LogP contribution < -0.4 is 10.5 Å². The molecule has 0 aromatic carbocycles. The second kappa shape index (κ2) is 4.01. The van der Waals surface area contributed by atoms with Crippen molar-refractivity contribution in [1.29, 1.82) is 0 Å². The molecule has 2 saturated heterocycles. The summed E-state index contributed by atoms with van der Waals surface area (Å²) < 4.78 is 23.7. The van der Waals surface area contributed by atoms with Crippen LogP contribution in [0.2, 0.25) is 0 Å². The third-order valence-corrected chi connectivity index (χ3v) is 4.89. The fraction of sp³-hybridized carbons (Fsp3) is 1.00. The van der Waals surface area contributed by atoms with E-state index in [4.69, 9.17) is 5.14 Å². The molecule has 3 N–H and O–H groups in total. The van der Waals surface area contributed by atoms with Gasteiger partial charge in [0.1, 0.15) is 0 Å². The van der Waals surface area contributed by atoms with Crippen molar-refractivity contribution in [1.82, 2.24) is 9.62 Å². The molecule has 6 heteroatoms. The van der Waals surface area contributed by atoms with E-state index in [9.17, 15) is 8.42 Å². The summed E-state index contributed by atoms with van der Waals surface area (Å²) in [5, 5.41) is 8.46. The van der Waals surface area contributed by atoms with Crippen LogP contribution in [-0.2, 0) is 10.2 Å². The van der Waals surface area contributed by atoms with Crippen LogP contribution in [0.5, 0.6) is 0 Å². The summed E-state index contributed by atoms with van der Waals surface area (Å²) in [6.45, 7) is 3.32. The number of nitrogens with one attached hydrogen (secondary N) is 1. The third kappa shape index (κ3) is 2.50. The summed E-state index contributed by atoms with van der Waals surface area (Å²) in [5.41, 5.74) is 0.381. The minimum absolute atomic E-state index is 0.381. The van der Waals surface area contributed by atoms with Gasteiger partial charge in [0.2, 0.25) is 0 Å². The molecular formula is C9H19N3O2S. The van der Waals surface area contributed by atoms with Crippen LogP contribution >= 0.6 is 0 Å². The number of rotatable bonds is 1. The normalized spacial score (nSPS) is 28.1. The largest absolute Gasteiger partial charge is 0.317 e. The number of piperidine rings is 2. The van der Waals surface area contributed by atoms with Gasteiger partial charge in [0.25, 0.3) is 10.2 Å². The molecule has 88 valence electrons. The molecule has 0 unspecified atom stereocenters. The van der Waals surface area contributed by atoms with Gasteiger partial charge in [-0.3, -0.25) is 0 Å². The second-order valence-electron chi connectivity index (χ2n) is 4.69. The molecule has 2 heterocycles. The molecule has 2 aliphatic rings. The van der Waals surface area contributed by atoms with Crippen LogP contribution in [0.1, 0.15) is 25.7 Å². The lowest BCUT2D eigenvalue weighted by Gasteiger charge is -2.43. The monoisotopic (exact) mass is 233 g/mol. The van der Waals surface area contributed by atoms with Crippen LogP contribution in [-0.4, -0.2) is 38.9 Å². The molecule has 0 aliphatic carbocycles. The molecule has 2 fully saturated rings. The molecule has 0 radical (unpaired) electrons. The van der Waals surface area contributed by atoms with E-state index in [1.165, 1.54) is 17.1 Å². The topological polar surface area (TPSA) is 75.4 Å². The van der Waals surface area contributed by atoms with Gasteiger partial charge >= 0.3 is 0 Å². The maximum atomic E-state index is 11.1. The van der Waals surface area contributed by atoms with E-state index in [1.54, 1.807) is 0 Å². The highest BCUT2D eigenvalue weighted by atomic mass is 32.2. The van der Waals surface area contributed by atoms with Gasteiger partial charge in [0.15, 0.2) is 0 Å². The van der Waals surface area contributed by atoms with Crippen LogP contribution in [0.3, 0.4) is 0 Å². The summed E-state index contributed by atoms with van der Waals surface area (Å²) >= 11 is 0. The van der Waals surface area contributed by atoms with E-state index in [-0.39, 0.29) is 0 Å². The SMILES string of the molecule is NS(=O)(=O)N1CCC2(CCNCC2)CC1. The maximum Gasteiger partial charge on any atom is 0.276 e. The number of hydrogen-bond acceptors (Lipinski definition) is 3. The van der Waals surface area contributed by atoms with Gasteiger partial charge in [0, 0.05) is 13.1 Å². The van der Waals surface area contributed by atoms with Crippen LogP contribution in [0.4, 0.5) is 0 Å². The highest BCUT2D eigenvalue weighted by Crippen LogP contribution is 2.39. The fourth-order valence-electron chi connectivity index (χ4n) is 2.67. The quantitative estimate of drug-likeness (QED) is 0.650. The minimum atomic E-state index is -3.46. The average molecular weight is 233 g/mol. The first-order valence-electron chi connectivity index (χ1n) is 5.51. The first-order valence-corrected chi connectivity index (χ1v) is 7.01. The Balaban J connectivity index is 1.96. The predicted molar refractivity (Wildman–Crippen MR) is 58.5 cm³/mol. The molecule has 5 nitrogen and oxygen atoms in total. The Labute approximate surface area is 91.2 Å². The first-order chi connectivity index (χ1) is 7.02. The molecular weight excluding hydrogens is 214 g/mol. The summed E-state index contributed by atoms with van der Waals surface area (Å²) in [7, 11) is -3.46. The Morgan fingerprint density at radius 1 is 1.07 bits per heavy atom. The molecule has 0 saturated carbocycles. The van der Waals surface area contributed by atoms with E-state index in [1.807, 2.05) is 0 Å². The smallest absolute Gasteiger partial charge is 0.276 e.